The molecule has 2 aliphatic rings. The van der Waals surface area contributed by atoms with Crippen LogP contribution < -0.4 is 4.90 Å². The molecule has 8 heteroatoms. The van der Waals surface area contributed by atoms with Crippen molar-refractivity contribution in [2.24, 2.45) is 4.99 Å². The molecule has 0 atom stereocenters. The number of dihydropyridines is 1. The van der Waals surface area contributed by atoms with Crippen molar-refractivity contribution in [3.05, 3.63) is 30.1 Å². The van der Waals surface area contributed by atoms with E-state index < -0.39 is 0 Å². The molecule has 0 radical (unpaired) electrons. The van der Waals surface area contributed by atoms with Gasteiger partial charge in [0.15, 0.2) is 0 Å². The number of aliphatic imine (C=N–C) groups is 1. The number of likely N-dealkylation sites (N-methyl/N-ethyl adjacent to an activating group) is 1. The van der Waals surface area contributed by atoms with Gasteiger partial charge in [0, 0.05) is 50.7 Å². The molecule has 0 aromatic carbocycles. The van der Waals surface area contributed by atoms with E-state index in [1.807, 2.05) is 6.21 Å². The quantitative estimate of drug-likeness (QED) is 0.890. The largest absolute Gasteiger partial charge is 0.506 e. The van der Waals surface area contributed by atoms with E-state index in [0.717, 1.165) is 50.3 Å². The predicted octanol–water partition coefficient (Wildman–Crippen LogP) is 1.25. The minimum Gasteiger partial charge on any atom is -0.506 e. The Kier molecular flexibility index (Phi) is 4.57. The summed E-state index contributed by atoms with van der Waals surface area (Å²) in [5.41, 5.74) is 2.65. The zero-order valence-electron chi connectivity index (χ0n) is 14.7. The molecule has 8 nitrogen and oxygen atoms in total. The Morgan fingerprint density at radius 3 is 2.54 bits per heavy atom. The lowest BCUT2D eigenvalue weighted by molar-refractivity contribution is 0.311. The van der Waals surface area contributed by atoms with Crippen LogP contribution in [-0.4, -0.2) is 76.2 Å². The molecule has 0 bridgehead atoms. The van der Waals surface area contributed by atoms with E-state index in [-0.39, 0.29) is 5.75 Å². The number of aromatic nitrogens is 4. The Bertz CT molecular complexity index is 839. The van der Waals surface area contributed by atoms with Crippen molar-refractivity contribution in [1.82, 2.24) is 25.1 Å². The Morgan fingerprint density at radius 2 is 1.88 bits per heavy atom. The first-order valence-corrected chi connectivity index (χ1v) is 8.73. The second kappa shape index (κ2) is 7.17. The SMILES string of the molecule is CN1CCN(c2ncc(-c3ncc(C4=CCCN=C4)cc3O)nn2)CC1. The molecule has 2 aromatic heterocycles. The normalized spacial score (nSPS) is 18.0. The van der Waals surface area contributed by atoms with Crippen molar-refractivity contribution in [3.63, 3.8) is 0 Å². The maximum Gasteiger partial charge on any atom is 0.245 e. The van der Waals surface area contributed by atoms with Gasteiger partial charge in [0.05, 0.1) is 6.20 Å². The van der Waals surface area contributed by atoms with Gasteiger partial charge in [0.1, 0.15) is 17.1 Å². The van der Waals surface area contributed by atoms with Crippen molar-refractivity contribution >= 4 is 17.7 Å². The Morgan fingerprint density at radius 1 is 1.04 bits per heavy atom. The van der Waals surface area contributed by atoms with E-state index in [1.165, 1.54) is 0 Å². The van der Waals surface area contributed by atoms with E-state index >= 15 is 0 Å². The number of hydrogen-bond donors (Lipinski definition) is 1. The standard InChI is InChI=1S/C18H21N7O/c1-24-5-7-25(8-6-24)18-21-12-15(22-23-18)17-16(26)9-14(11-20-17)13-3-2-4-19-10-13/h3,9-12,26H,2,4-8H2,1H3. The molecule has 4 heterocycles. The second-order valence-corrected chi connectivity index (χ2v) is 6.51. The van der Waals surface area contributed by atoms with Gasteiger partial charge in [-0.1, -0.05) is 6.08 Å². The van der Waals surface area contributed by atoms with Crippen LogP contribution in [0, 0.1) is 0 Å². The van der Waals surface area contributed by atoms with Crippen LogP contribution in [0.15, 0.2) is 29.5 Å². The Balaban J connectivity index is 1.54. The van der Waals surface area contributed by atoms with Gasteiger partial charge in [-0.25, -0.2) is 9.97 Å². The van der Waals surface area contributed by atoms with E-state index in [1.54, 1.807) is 18.5 Å². The first kappa shape index (κ1) is 16.6. The monoisotopic (exact) mass is 351 g/mol. The molecule has 1 saturated heterocycles. The summed E-state index contributed by atoms with van der Waals surface area (Å²) in [6.45, 7) is 4.53. The van der Waals surface area contributed by atoms with Crippen LogP contribution in [0.4, 0.5) is 5.95 Å². The molecule has 0 amide bonds. The third-order valence-electron chi connectivity index (χ3n) is 4.63. The number of pyridine rings is 1. The summed E-state index contributed by atoms with van der Waals surface area (Å²) in [5, 5.41) is 18.8. The zero-order chi connectivity index (χ0) is 17.9. The fourth-order valence-electron chi connectivity index (χ4n) is 3.04. The summed E-state index contributed by atoms with van der Waals surface area (Å²) in [6.07, 6.45) is 8.14. The molecule has 2 aromatic rings. The van der Waals surface area contributed by atoms with Crippen LogP contribution >= 0.6 is 0 Å². The van der Waals surface area contributed by atoms with Crippen LogP contribution in [0.5, 0.6) is 5.75 Å². The predicted molar refractivity (Wildman–Crippen MR) is 100 cm³/mol. The van der Waals surface area contributed by atoms with Gasteiger partial charge in [-0.15, -0.1) is 10.2 Å². The van der Waals surface area contributed by atoms with Gasteiger partial charge >= 0.3 is 0 Å². The number of piperazine rings is 1. The van der Waals surface area contributed by atoms with Crippen molar-refractivity contribution in [3.8, 4) is 17.1 Å². The molecule has 2 aliphatic heterocycles. The summed E-state index contributed by atoms with van der Waals surface area (Å²) in [7, 11) is 2.10. The van der Waals surface area contributed by atoms with E-state index in [4.69, 9.17) is 0 Å². The third-order valence-corrected chi connectivity index (χ3v) is 4.63. The zero-order valence-corrected chi connectivity index (χ0v) is 14.7. The second-order valence-electron chi connectivity index (χ2n) is 6.51. The molecular weight excluding hydrogens is 330 g/mol. The molecule has 0 aliphatic carbocycles. The Labute approximate surface area is 151 Å². The lowest BCUT2D eigenvalue weighted by atomic mass is 10.1. The highest BCUT2D eigenvalue weighted by molar-refractivity contribution is 6.10. The summed E-state index contributed by atoms with van der Waals surface area (Å²) in [6, 6.07) is 1.68. The maximum atomic E-state index is 10.4. The van der Waals surface area contributed by atoms with Crippen LogP contribution in [0.25, 0.3) is 17.0 Å². The number of aromatic hydroxyl groups is 1. The molecule has 0 unspecified atom stereocenters. The topological polar surface area (TPSA) is 90.6 Å². The first-order valence-electron chi connectivity index (χ1n) is 8.73. The molecule has 26 heavy (non-hydrogen) atoms. The fourth-order valence-corrected chi connectivity index (χ4v) is 3.04. The van der Waals surface area contributed by atoms with E-state index in [2.05, 4.69) is 48.1 Å². The number of rotatable bonds is 3. The van der Waals surface area contributed by atoms with Crippen molar-refractivity contribution in [2.45, 2.75) is 6.42 Å². The summed E-state index contributed by atoms with van der Waals surface area (Å²) in [5.74, 6) is 0.673. The van der Waals surface area contributed by atoms with Crippen molar-refractivity contribution in [1.29, 1.82) is 0 Å². The number of hydrogen-bond acceptors (Lipinski definition) is 8. The average Bonchev–Trinajstić information content (AvgIpc) is 2.69. The number of anilines is 1. The Hall–Kier alpha value is -2.87. The summed E-state index contributed by atoms with van der Waals surface area (Å²) in [4.78, 5) is 17.4. The highest BCUT2D eigenvalue weighted by Gasteiger charge is 2.18. The minimum absolute atomic E-state index is 0.0609. The van der Waals surface area contributed by atoms with Crippen LogP contribution in [0.1, 0.15) is 12.0 Å². The lowest BCUT2D eigenvalue weighted by Gasteiger charge is -2.31. The molecule has 0 saturated carbocycles. The van der Waals surface area contributed by atoms with Crippen molar-refractivity contribution in [2.75, 3.05) is 44.7 Å². The number of allylic oxidation sites excluding steroid dienone is 1. The van der Waals surface area contributed by atoms with Crippen molar-refractivity contribution < 1.29 is 5.11 Å². The minimum atomic E-state index is 0.0609. The van der Waals surface area contributed by atoms with Gasteiger partial charge < -0.3 is 14.9 Å². The van der Waals surface area contributed by atoms with Crippen LogP contribution in [0.2, 0.25) is 0 Å². The van der Waals surface area contributed by atoms with Gasteiger partial charge in [-0.2, -0.15) is 0 Å². The molecule has 134 valence electrons. The molecule has 4 rings (SSSR count). The molecule has 1 fully saturated rings. The van der Waals surface area contributed by atoms with Gasteiger partial charge in [-0.3, -0.25) is 4.99 Å². The van der Waals surface area contributed by atoms with E-state index in [9.17, 15) is 5.11 Å². The van der Waals surface area contributed by atoms with Crippen LogP contribution in [-0.2, 0) is 0 Å². The van der Waals surface area contributed by atoms with Gasteiger partial charge in [-0.05, 0) is 25.1 Å². The number of nitrogens with zero attached hydrogens (tertiary/aromatic N) is 7. The summed E-state index contributed by atoms with van der Waals surface area (Å²) < 4.78 is 0. The molecule has 0 spiro atoms. The first-order chi connectivity index (χ1) is 12.7. The highest BCUT2D eigenvalue weighted by Crippen LogP contribution is 2.28. The average molecular weight is 351 g/mol. The van der Waals surface area contributed by atoms with E-state index in [0.29, 0.717) is 17.3 Å². The lowest BCUT2D eigenvalue weighted by Crippen LogP contribution is -2.45. The third kappa shape index (κ3) is 3.41. The molecular formula is C18H21N7O. The van der Waals surface area contributed by atoms with Gasteiger partial charge in [0.2, 0.25) is 5.95 Å². The fraction of sp³-hybridized carbons (Fsp3) is 0.389. The smallest absolute Gasteiger partial charge is 0.245 e. The highest BCUT2D eigenvalue weighted by atomic mass is 16.3. The van der Waals surface area contributed by atoms with Crippen LogP contribution in [0.3, 0.4) is 0 Å². The molecule has 1 N–H and O–H groups in total. The maximum absolute atomic E-state index is 10.4. The summed E-state index contributed by atoms with van der Waals surface area (Å²) >= 11 is 0. The van der Waals surface area contributed by atoms with Gasteiger partial charge in [0.25, 0.3) is 0 Å².